The zero-order chi connectivity index (χ0) is 14.9. The molecule has 0 fully saturated rings. The summed E-state index contributed by atoms with van der Waals surface area (Å²) in [5.74, 6) is 0. The molecule has 1 unspecified atom stereocenters. The highest BCUT2D eigenvalue weighted by atomic mass is 35.5. The first-order valence-electron chi connectivity index (χ1n) is 5.90. The molecule has 0 radical (unpaired) electrons. The van der Waals surface area contributed by atoms with E-state index in [1.807, 2.05) is 0 Å². The highest BCUT2D eigenvalue weighted by Gasteiger charge is 2.31. The van der Waals surface area contributed by atoms with Crippen LogP contribution in [0, 0.1) is 6.92 Å². The Balaban J connectivity index is 2.43. The molecular weight excluding hydrogens is 289 g/mol. The first kappa shape index (κ1) is 14.9. The molecule has 1 atom stereocenters. The molecule has 0 aliphatic carbocycles. The van der Waals surface area contributed by atoms with E-state index in [2.05, 4.69) is 0 Å². The lowest BCUT2D eigenvalue weighted by Gasteiger charge is -2.16. The molecule has 0 heterocycles. The molecule has 5 heteroatoms. The fraction of sp³-hybridized carbons (Fsp3) is 0.200. The molecule has 0 aliphatic heterocycles. The molecule has 0 spiro atoms. The van der Waals surface area contributed by atoms with Crippen molar-refractivity contribution in [3.63, 3.8) is 0 Å². The average molecular weight is 301 g/mol. The zero-order valence-electron chi connectivity index (χ0n) is 10.6. The average Bonchev–Trinajstić information content (AvgIpc) is 2.40. The maximum absolute atomic E-state index is 12.7. The maximum Gasteiger partial charge on any atom is 0.416 e. The summed E-state index contributed by atoms with van der Waals surface area (Å²) in [4.78, 5) is 0. The van der Waals surface area contributed by atoms with Crippen LogP contribution >= 0.6 is 11.6 Å². The van der Waals surface area contributed by atoms with Crippen LogP contribution in [-0.4, -0.2) is 5.11 Å². The normalized spacial score (nSPS) is 13.3. The molecule has 1 N–H and O–H groups in total. The summed E-state index contributed by atoms with van der Waals surface area (Å²) in [5, 5.41) is 10.7. The van der Waals surface area contributed by atoms with Gasteiger partial charge in [-0.3, -0.25) is 0 Å². The predicted molar refractivity (Wildman–Crippen MR) is 71.7 cm³/mol. The number of aliphatic hydroxyl groups excluding tert-OH is 1. The van der Waals surface area contributed by atoms with Crippen molar-refractivity contribution >= 4 is 11.6 Å². The fourth-order valence-electron chi connectivity index (χ4n) is 1.97. The van der Waals surface area contributed by atoms with Crippen molar-refractivity contribution in [3.05, 3.63) is 69.7 Å². The lowest BCUT2D eigenvalue weighted by molar-refractivity contribution is -0.137. The SMILES string of the molecule is Cc1ccc(Cl)cc1C(O)c1cccc(C(F)(F)F)c1. The van der Waals surface area contributed by atoms with E-state index in [0.29, 0.717) is 10.6 Å². The van der Waals surface area contributed by atoms with Crippen LogP contribution in [0.3, 0.4) is 0 Å². The number of alkyl halides is 3. The van der Waals surface area contributed by atoms with Crippen molar-refractivity contribution < 1.29 is 18.3 Å². The standard InChI is InChI=1S/C15H12ClF3O/c1-9-5-6-12(16)8-13(9)14(20)10-3-2-4-11(7-10)15(17,18)19/h2-8,14,20H,1H3. The highest BCUT2D eigenvalue weighted by molar-refractivity contribution is 6.30. The van der Waals surface area contributed by atoms with Gasteiger partial charge in [0.2, 0.25) is 0 Å². The lowest BCUT2D eigenvalue weighted by atomic mass is 9.96. The molecule has 2 aromatic carbocycles. The van der Waals surface area contributed by atoms with E-state index in [-0.39, 0.29) is 5.56 Å². The van der Waals surface area contributed by atoms with E-state index in [4.69, 9.17) is 11.6 Å². The topological polar surface area (TPSA) is 20.2 Å². The Morgan fingerprint density at radius 3 is 2.45 bits per heavy atom. The van der Waals surface area contributed by atoms with Crippen LogP contribution in [-0.2, 0) is 6.18 Å². The number of benzene rings is 2. The second-order valence-corrected chi connectivity index (χ2v) is 4.96. The molecule has 1 nitrogen and oxygen atoms in total. The van der Waals surface area contributed by atoms with Gasteiger partial charge in [0.15, 0.2) is 0 Å². The van der Waals surface area contributed by atoms with Crippen LogP contribution in [0.1, 0.15) is 28.4 Å². The van der Waals surface area contributed by atoms with Crippen molar-refractivity contribution in [3.8, 4) is 0 Å². The molecule has 0 saturated heterocycles. The second kappa shape index (κ2) is 5.46. The lowest BCUT2D eigenvalue weighted by Crippen LogP contribution is -2.08. The molecule has 2 aromatic rings. The summed E-state index contributed by atoms with van der Waals surface area (Å²) in [5.41, 5.74) is 0.662. The van der Waals surface area contributed by atoms with Crippen LogP contribution in [0.15, 0.2) is 42.5 Å². The van der Waals surface area contributed by atoms with Crippen LogP contribution < -0.4 is 0 Å². The van der Waals surface area contributed by atoms with E-state index < -0.39 is 17.8 Å². The minimum atomic E-state index is -4.43. The number of rotatable bonds is 2. The van der Waals surface area contributed by atoms with Crippen LogP contribution in [0.5, 0.6) is 0 Å². The largest absolute Gasteiger partial charge is 0.416 e. The minimum absolute atomic E-state index is 0.185. The van der Waals surface area contributed by atoms with Crippen LogP contribution in [0.4, 0.5) is 13.2 Å². The predicted octanol–water partition coefficient (Wildman–Crippen LogP) is 4.75. The van der Waals surface area contributed by atoms with Crippen molar-refractivity contribution in [2.75, 3.05) is 0 Å². The van der Waals surface area contributed by atoms with Crippen molar-refractivity contribution in [2.45, 2.75) is 19.2 Å². The molecular formula is C15H12ClF3O. The Morgan fingerprint density at radius 2 is 1.80 bits per heavy atom. The van der Waals surface area contributed by atoms with Crippen molar-refractivity contribution in [2.24, 2.45) is 0 Å². The van der Waals surface area contributed by atoms with Crippen LogP contribution in [0.2, 0.25) is 5.02 Å². The van der Waals surface area contributed by atoms with Gasteiger partial charge in [-0.05, 0) is 47.9 Å². The molecule has 0 aromatic heterocycles. The summed E-state index contributed by atoms with van der Waals surface area (Å²) in [6, 6.07) is 9.60. The van der Waals surface area contributed by atoms with Gasteiger partial charge in [-0.1, -0.05) is 29.8 Å². The van der Waals surface area contributed by atoms with E-state index in [9.17, 15) is 18.3 Å². The molecule has 0 bridgehead atoms. The van der Waals surface area contributed by atoms with Gasteiger partial charge in [0, 0.05) is 5.02 Å². The zero-order valence-corrected chi connectivity index (χ0v) is 11.3. The van der Waals surface area contributed by atoms with Gasteiger partial charge in [0.05, 0.1) is 5.56 Å². The Kier molecular flexibility index (Phi) is 4.06. The van der Waals surface area contributed by atoms with Crippen LogP contribution in [0.25, 0.3) is 0 Å². The second-order valence-electron chi connectivity index (χ2n) is 4.53. The smallest absolute Gasteiger partial charge is 0.384 e. The number of aliphatic hydroxyl groups is 1. The van der Waals surface area contributed by atoms with Gasteiger partial charge < -0.3 is 5.11 Å². The van der Waals surface area contributed by atoms with E-state index in [1.54, 1.807) is 25.1 Å². The Hall–Kier alpha value is -1.52. The number of aryl methyl sites for hydroxylation is 1. The van der Waals surface area contributed by atoms with Gasteiger partial charge >= 0.3 is 6.18 Å². The Labute approximate surface area is 119 Å². The number of halogens is 4. The van der Waals surface area contributed by atoms with E-state index in [0.717, 1.165) is 17.7 Å². The molecule has 20 heavy (non-hydrogen) atoms. The quantitative estimate of drug-likeness (QED) is 0.848. The molecule has 2 rings (SSSR count). The van der Waals surface area contributed by atoms with Gasteiger partial charge in [0.25, 0.3) is 0 Å². The van der Waals surface area contributed by atoms with Crippen molar-refractivity contribution in [1.82, 2.24) is 0 Å². The summed E-state index contributed by atoms with van der Waals surface area (Å²) in [6.07, 6.45) is -5.57. The van der Waals surface area contributed by atoms with E-state index in [1.165, 1.54) is 12.1 Å². The number of hydrogen-bond acceptors (Lipinski definition) is 1. The first-order valence-corrected chi connectivity index (χ1v) is 6.28. The Bertz CT molecular complexity index is 623. The van der Waals surface area contributed by atoms with Crippen molar-refractivity contribution in [1.29, 1.82) is 0 Å². The monoisotopic (exact) mass is 300 g/mol. The number of hydrogen-bond donors (Lipinski definition) is 1. The molecule has 0 aliphatic rings. The van der Waals surface area contributed by atoms with Gasteiger partial charge in [-0.15, -0.1) is 0 Å². The summed E-state index contributed by atoms with van der Waals surface area (Å²) in [7, 11) is 0. The summed E-state index contributed by atoms with van der Waals surface area (Å²) >= 11 is 5.86. The van der Waals surface area contributed by atoms with Gasteiger partial charge in [0.1, 0.15) is 6.10 Å². The minimum Gasteiger partial charge on any atom is -0.384 e. The summed E-state index contributed by atoms with van der Waals surface area (Å²) < 4.78 is 38.0. The molecule has 0 amide bonds. The third-order valence-corrected chi connectivity index (χ3v) is 3.30. The highest BCUT2D eigenvalue weighted by Crippen LogP contribution is 2.33. The third kappa shape index (κ3) is 3.14. The maximum atomic E-state index is 12.7. The Morgan fingerprint density at radius 1 is 1.10 bits per heavy atom. The molecule has 106 valence electrons. The molecule has 0 saturated carbocycles. The van der Waals surface area contributed by atoms with Gasteiger partial charge in [-0.2, -0.15) is 13.2 Å². The summed E-state index contributed by atoms with van der Waals surface area (Å²) in [6.45, 7) is 1.77. The third-order valence-electron chi connectivity index (χ3n) is 3.07. The van der Waals surface area contributed by atoms with E-state index >= 15 is 0 Å². The first-order chi connectivity index (χ1) is 9.29. The van der Waals surface area contributed by atoms with Gasteiger partial charge in [-0.25, -0.2) is 0 Å². The fourth-order valence-corrected chi connectivity index (χ4v) is 2.15.